The first-order chi connectivity index (χ1) is 25.6. The summed E-state index contributed by atoms with van der Waals surface area (Å²) in [6.07, 6.45) is 15.3. The molecule has 0 unspecified atom stereocenters. The van der Waals surface area contributed by atoms with E-state index in [0.29, 0.717) is 38.5 Å². The molecule has 4 aromatic rings. The highest BCUT2D eigenvalue weighted by Gasteiger charge is 2.28. The van der Waals surface area contributed by atoms with E-state index in [1.54, 1.807) is 67.3 Å². The predicted octanol–water partition coefficient (Wildman–Crippen LogP) is 9.84. The summed E-state index contributed by atoms with van der Waals surface area (Å²) < 4.78 is 7.29. The van der Waals surface area contributed by atoms with Crippen LogP contribution in [-0.4, -0.2) is 67.3 Å². The van der Waals surface area contributed by atoms with Crippen LogP contribution in [0.25, 0.3) is 0 Å². The van der Waals surface area contributed by atoms with Crippen molar-refractivity contribution in [1.82, 2.24) is 9.97 Å². The molecule has 4 N–H and O–H groups in total. The largest absolute Gasteiger partial charge is 0.497 e. The lowest BCUT2D eigenvalue weighted by atomic mass is 9.94. The smallest absolute Gasteiger partial charge is 0.325 e. The molecular weight excluding hydrogens is 751 g/mol. The van der Waals surface area contributed by atoms with Crippen LogP contribution in [0.3, 0.4) is 0 Å². The number of carbonyl (C=O) groups is 4. The van der Waals surface area contributed by atoms with Gasteiger partial charge < -0.3 is 20.3 Å². The average Bonchev–Trinajstić information content (AvgIpc) is 4.00. The number of thiazole rings is 2. The van der Waals surface area contributed by atoms with Crippen molar-refractivity contribution in [3.63, 3.8) is 0 Å². The van der Waals surface area contributed by atoms with Gasteiger partial charge in [-0.1, -0.05) is 48.4 Å². The molecule has 16 heteroatoms. The molecule has 2 fully saturated rings. The van der Waals surface area contributed by atoms with Crippen molar-refractivity contribution in [1.29, 1.82) is 0 Å². The van der Waals surface area contributed by atoms with Gasteiger partial charge in [-0.25, -0.2) is 19.6 Å². The number of carbonyl (C=O) groups excluding carboxylic acids is 4. The Hall–Kier alpha value is -4.12. The molecular formula is C37H45N7O5S4. The Kier molecular flexibility index (Phi) is 14.6. The topological polar surface area (TPSA) is 155 Å². The molecule has 0 aliphatic heterocycles. The summed E-state index contributed by atoms with van der Waals surface area (Å²) in [5, 5.41) is 12.1. The molecule has 282 valence electrons. The lowest BCUT2D eigenvalue weighted by Crippen LogP contribution is -2.22. The molecule has 2 aliphatic carbocycles. The van der Waals surface area contributed by atoms with Gasteiger partial charge in [0.05, 0.1) is 39.3 Å². The first kappa shape index (κ1) is 40.1. The summed E-state index contributed by atoms with van der Waals surface area (Å²) in [5.74, 6) is 0.853. The summed E-state index contributed by atoms with van der Waals surface area (Å²) in [7, 11) is 5.43. The Bertz CT molecular complexity index is 1900. The SMILES string of the molecule is COc1ccc(NC(=O)Nc2ncc(SC)s2)c(C(=O)C2CCCC2)c1.CSc1cnc(NC(=O)Nc2ccc(N(C)C)cc2C(=O)C2CCCC2)s1. The summed E-state index contributed by atoms with van der Waals surface area (Å²) in [6, 6.07) is 9.89. The normalized spacial score (nSPS) is 14.2. The maximum absolute atomic E-state index is 13.0. The third-order valence-electron chi connectivity index (χ3n) is 9.04. The van der Waals surface area contributed by atoms with Gasteiger partial charge in [0.1, 0.15) is 5.75 Å². The van der Waals surface area contributed by atoms with Crippen LogP contribution in [0, 0.1) is 11.8 Å². The molecule has 0 spiro atoms. The second kappa shape index (κ2) is 19.3. The van der Waals surface area contributed by atoms with Crippen LogP contribution < -0.4 is 30.9 Å². The van der Waals surface area contributed by atoms with Gasteiger partial charge in [0.15, 0.2) is 21.8 Å². The molecule has 6 rings (SSSR count). The van der Waals surface area contributed by atoms with Gasteiger partial charge in [-0.05, 0) is 74.6 Å². The number of Topliss-reactive ketones (excluding diaryl/α,β-unsaturated/α-hetero) is 2. The summed E-state index contributed by atoms with van der Waals surface area (Å²) in [5.41, 5.74) is 3.04. The van der Waals surface area contributed by atoms with Gasteiger partial charge in [-0.3, -0.25) is 20.2 Å². The monoisotopic (exact) mass is 795 g/mol. The zero-order valence-electron chi connectivity index (χ0n) is 30.4. The molecule has 0 atom stereocenters. The zero-order chi connectivity index (χ0) is 37.9. The van der Waals surface area contributed by atoms with E-state index in [1.165, 1.54) is 22.7 Å². The van der Waals surface area contributed by atoms with Crippen molar-refractivity contribution in [2.45, 2.75) is 59.8 Å². The Morgan fingerprint density at radius 1 is 0.698 bits per heavy atom. The third-order valence-corrected chi connectivity index (χ3v) is 13.0. The zero-order valence-corrected chi connectivity index (χ0v) is 33.7. The Labute approximate surface area is 326 Å². The number of rotatable bonds is 12. The van der Waals surface area contributed by atoms with E-state index >= 15 is 0 Å². The Morgan fingerprint density at radius 2 is 1.15 bits per heavy atom. The number of hydrogen-bond acceptors (Lipinski definition) is 12. The van der Waals surface area contributed by atoms with Gasteiger partial charge in [-0.15, -0.1) is 23.5 Å². The molecule has 0 radical (unpaired) electrons. The molecule has 12 nitrogen and oxygen atoms in total. The van der Waals surface area contributed by atoms with Crippen LogP contribution in [0.15, 0.2) is 57.2 Å². The predicted molar refractivity (Wildman–Crippen MR) is 219 cm³/mol. The maximum Gasteiger partial charge on any atom is 0.325 e. The Balaban J connectivity index is 0.000000204. The standard InChI is InChI=1S/C19H24N4O2S2.C18H21N3O3S2/c1-23(2)13-8-9-15(14(10-13)17(24)12-6-4-5-7-12)21-18(25)22-19-20-11-16(26-3)27-19;1-24-12-7-8-14(13(9-12)16(22)11-5-3-4-6-11)20-17(23)21-18-19-10-15(25-2)26-18/h8-12H,4-7H2,1-3H3,(H2,20,21,22,25);7-11H,3-6H2,1-2H3,(H2,19,20,21,23). The highest BCUT2D eigenvalue weighted by atomic mass is 32.2. The van der Waals surface area contributed by atoms with Crippen molar-refractivity contribution in [2.75, 3.05) is 59.9 Å². The summed E-state index contributed by atoms with van der Waals surface area (Å²) in [6.45, 7) is 0. The lowest BCUT2D eigenvalue weighted by Gasteiger charge is -2.18. The van der Waals surface area contributed by atoms with Crippen LogP contribution >= 0.6 is 46.2 Å². The number of benzene rings is 2. The van der Waals surface area contributed by atoms with Crippen LogP contribution in [0.1, 0.15) is 72.1 Å². The molecule has 2 saturated carbocycles. The number of thioether (sulfide) groups is 2. The van der Waals surface area contributed by atoms with E-state index in [4.69, 9.17) is 4.74 Å². The number of urea groups is 2. The molecule has 2 aliphatic rings. The quantitative estimate of drug-likeness (QED) is 0.0805. The van der Waals surface area contributed by atoms with Crippen molar-refractivity contribution in [3.05, 3.63) is 59.9 Å². The van der Waals surface area contributed by atoms with Crippen LogP contribution in [0.4, 0.5) is 36.9 Å². The van der Waals surface area contributed by atoms with Gasteiger partial charge in [0, 0.05) is 42.7 Å². The molecule has 0 saturated heterocycles. The number of nitrogens with zero attached hydrogens (tertiary/aromatic N) is 3. The van der Waals surface area contributed by atoms with Crippen molar-refractivity contribution >= 4 is 97.2 Å². The highest BCUT2D eigenvalue weighted by Crippen LogP contribution is 2.34. The van der Waals surface area contributed by atoms with E-state index in [2.05, 4.69) is 31.2 Å². The van der Waals surface area contributed by atoms with Crippen LogP contribution in [0.5, 0.6) is 5.75 Å². The van der Waals surface area contributed by atoms with Crippen LogP contribution in [-0.2, 0) is 0 Å². The van der Waals surface area contributed by atoms with E-state index in [-0.39, 0.29) is 23.4 Å². The second-order valence-electron chi connectivity index (χ2n) is 12.8. The molecule has 2 heterocycles. The third kappa shape index (κ3) is 11.0. The number of ketones is 2. The van der Waals surface area contributed by atoms with Gasteiger partial charge >= 0.3 is 12.1 Å². The minimum atomic E-state index is -0.419. The van der Waals surface area contributed by atoms with Crippen LogP contribution in [0.2, 0.25) is 0 Å². The van der Waals surface area contributed by atoms with E-state index < -0.39 is 12.1 Å². The second-order valence-corrected chi connectivity index (χ2v) is 17.0. The number of ether oxygens (including phenoxy) is 1. The van der Waals surface area contributed by atoms with Gasteiger partial charge in [0.25, 0.3) is 0 Å². The minimum Gasteiger partial charge on any atom is -0.497 e. The fourth-order valence-corrected chi connectivity index (χ4v) is 8.77. The van der Waals surface area contributed by atoms with E-state index in [0.717, 1.165) is 65.5 Å². The summed E-state index contributed by atoms with van der Waals surface area (Å²) >= 11 is 5.97. The first-order valence-corrected chi connectivity index (χ1v) is 21.4. The van der Waals surface area contributed by atoms with Crippen molar-refractivity contribution in [3.8, 4) is 5.75 Å². The van der Waals surface area contributed by atoms with Crippen molar-refractivity contribution in [2.24, 2.45) is 11.8 Å². The number of anilines is 5. The minimum absolute atomic E-state index is 0.0221. The molecule has 2 aromatic carbocycles. The molecule has 4 amide bonds. The fraction of sp³-hybridized carbons (Fsp3) is 0.405. The van der Waals surface area contributed by atoms with E-state index in [1.807, 2.05) is 43.6 Å². The number of hydrogen-bond donors (Lipinski definition) is 4. The first-order valence-electron chi connectivity index (χ1n) is 17.3. The number of amides is 4. The maximum atomic E-state index is 13.0. The number of nitrogens with one attached hydrogen (secondary N) is 4. The molecule has 0 bridgehead atoms. The van der Waals surface area contributed by atoms with Gasteiger partial charge in [0.2, 0.25) is 0 Å². The average molecular weight is 796 g/mol. The van der Waals surface area contributed by atoms with Gasteiger partial charge in [-0.2, -0.15) is 0 Å². The molecule has 53 heavy (non-hydrogen) atoms. The number of methoxy groups -OCH3 is 1. The molecule has 2 aromatic heterocycles. The highest BCUT2D eigenvalue weighted by molar-refractivity contribution is 8.00. The van der Waals surface area contributed by atoms with E-state index in [9.17, 15) is 19.2 Å². The Morgan fingerprint density at radius 3 is 1.57 bits per heavy atom. The lowest BCUT2D eigenvalue weighted by molar-refractivity contribution is 0.0916. The fourth-order valence-electron chi connectivity index (χ4n) is 6.23. The van der Waals surface area contributed by atoms with Crippen molar-refractivity contribution < 1.29 is 23.9 Å². The number of aromatic nitrogens is 2. The summed E-state index contributed by atoms with van der Waals surface area (Å²) in [4.78, 5) is 60.9.